The minimum absolute atomic E-state index is 0.0524. The van der Waals surface area contributed by atoms with Crippen molar-refractivity contribution in [1.29, 1.82) is 0 Å². The Morgan fingerprint density at radius 3 is 2.79 bits per heavy atom. The summed E-state index contributed by atoms with van der Waals surface area (Å²) in [6.45, 7) is 5.12. The summed E-state index contributed by atoms with van der Waals surface area (Å²) in [6, 6.07) is 5.60. The summed E-state index contributed by atoms with van der Waals surface area (Å²) in [4.78, 5) is 14.4. The van der Waals surface area contributed by atoms with Gasteiger partial charge in [0, 0.05) is 22.6 Å². The third-order valence-electron chi connectivity index (χ3n) is 3.50. The van der Waals surface area contributed by atoms with Crippen LogP contribution in [0.25, 0.3) is 0 Å². The topological polar surface area (TPSA) is 32.3 Å². The Morgan fingerprint density at radius 1 is 1.47 bits per heavy atom. The van der Waals surface area contributed by atoms with Crippen LogP contribution < -0.4 is 5.32 Å². The number of benzene rings is 1. The van der Waals surface area contributed by atoms with E-state index in [-0.39, 0.29) is 5.91 Å². The number of rotatable bonds is 4. The molecule has 2 rings (SSSR count). The van der Waals surface area contributed by atoms with Crippen molar-refractivity contribution in [2.75, 3.05) is 19.6 Å². The summed E-state index contributed by atoms with van der Waals surface area (Å²) in [7, 11) is 0. The molecule has 1 heterocycles. The number of amides is 1. The quantitative estimate of drug-likeness (QED) is 0.908. The molecular weight excluding hydrogens is 328 g/mol. The van der Waals surface area contributed by atoms with Gasteiger partial charge in [0.25, 0.3) is 5.91 Å². The molecular formula is C14H18BrClN2O. The summed E-state index contributed by atoms with van der Waals surface area (Å²) in [5.41, 5.74) is 0.630. The number of hydrogen-bond acceptors (Lipinski definition) is 2. The first-order valence-electron chi connectivity index (χ1n) is 6.55. The van der Waals surface area contributed by atoms with Crippen molar-refractivity contribution in [3.63, 3.8) is 0 Å². The summed E-state index contributed by atoms with van der Waals surface area (Å²) in [5.74, 6) is -0.0524. The second-order valence-electron chi connectivity index (χ2n) is 4.93. The highest BCUT2D eigenvalue weighted by atomic mass is 79.9. The van der Waals surface area contributed by atoms with Gasteiger partial charge in [-0.15, -0.1) is 0 Å². The molecule has 1 amide bonds. The first-order chi connectivity index (χ1) is 9.08. The normalized spacial score (nSPS) is 17.4. The van der Waals surface area contributed by atoms with Gasteiger partial charge < -0.3 is 5.32 Å². The van der Waals surface area contributed by atoms with Crippen molar-refractivity contribution in [2.24, 2.45) is 0 Å². The molecule has 1 aromatic carbocycles. The van der Waals surface area contributed by atoms with Gasteiger partial charge in [0.2, 0.25) is 0 Å². The Balaban J connectivity index is 1.88. The molecule has 1 unspecified atom stereocenters. The van der Waals surface area contributed by atoms with E-state index in [0.717, 1.165) is 17.6 Å². The lowest BCUT2D eigenvalue weighted by Gasteiger charge is -2.23. The van der Waals surface area contributed by atoms with Gasteiger partial charge in [-0.25, -0.2) is 0 Å². The van der Waals surface area contributed by atoms with Crippen molar-refractivity contribution < 1.29 is 4.79 Å². The maximum absolute atomic E-state index is 12.0. The fraction of sp³-hybridized carbons (Fsp3) is 0.500. The van der Waals surface area contributed by atoms with E-state index in [0.29, 0.717) is 23.2 Å². The molecule has 1 aromatic rings. The molecule has 0 saturated carbocycles. The third-order valence-corrected chi connectivity index (χ3v) is 4.72. The highest BCUT2D eigenvalue weighted by molar-refractivity contribution is 9.10. The molecule has 0 bridgehead atoms. The molecule has 0 aromatic heterocycles. The smallest absolute Gasteiger partial charge is 0.251 e. The molecule has 0 aliphatic carbocycles. The second kappa shape index (κ2) is 6.73. The molecule has 5 heteroatoms. The molecule has 1 N–H and O–H groups in total. The Kier molecular flexibility index (Phi) is 5.25. The lowest BCUT2D eigenvalue weighted by atomic mass is 10.2. The number of halogens is 2. The van der Waals surface area contributed by atoms with Gasteiger partial charge in [0.1, 0.15) is 0 Å². The summed E-state index contributed by atoms with van der Waals surface area (Å²) in [5, 5.41) is 3.59. The molecule has 1 saturated heterocycles. The van der Waals surface area contributed by atoms with Gasteiger partial charge in [-0.05, 0) is 67.0 Å². The molecule has 3 nitrogen and oxygen atoms in total. The zero-order chi connectivity index (χ0) is 13.8. The number of carbonyl (C=O) groups is 1. The number of nitrogens with one attached hydrogen (secondary N) is 1. The van der Waals surface area contributed by atoms with Gasteiger partial charge in [-0.2, -0.15) is 0 Å². The van der Waals surface area contributed by atoms with E-state index in [1.807, 2.05) is 0 Å². The van der Waals surface area contributed by atoms with Gasteiger partial charge >= 0.3 is 0 Å². The average molecular weight is 346 g/mol. The minimum atomic E-state index is -0.0524. The predicted octanol–water partition coefficient (Wildman–Crippen LogP) is 3.32. The maximum atomic E-state index is 12.0. The van der Waals surface area contributed by atoms with Gasteiger partial charge in [0.05, 0.1) is 5.02 Å². The number of carbonyl (C=O) groups excluding carboxylic acids is 1. The van der Waals surface area contributed by atoms with Crippen molar-refractivity contribution in [1.82, 2.24) is 10.2 Å². The van der Waals surface area contributed by atoms with Crippen LogP contribution in [0.4, 0.5) is 0 Å². The molecule has 1 aliphatic rings. The van der Waals surface area contributed by atoms with Crippen LogP contribution in [0.1, 0.15) is 30.1 Å². The van der Waals surface area contributed by atoms with Crippen molar-refractivity contribution >= 4 is 33.4 Å². The predicted molar refractivity (Wildman–Crippen MR) is 81.8 cm³/mol. The van der Waals surface area contributed by atoms with Crippen molar-refractivity contribution in [2.45, 2.75) is 25.8 Å². The highest BCUT2D eigenvalue weighted by Crippen LogP contribution is 2.23. The van der Waals surface area contributed by atoms with Gasteiger partial charge in [0.15, 0.2) is 0 Å². The van der Waals surface area contributed by atoms with Crippen LogP contribution in [-0.4, -0.2) is 36.5 Å². The monoisotopic (exact) mass is 344 g/mol. The zero-order valence-electron chi connectivity index (χ0n) is 11.0. The standard InChI is InChI=1S/C14H18BrClN2O/c1-10(18-6-2-3-7-18)9-17-14(19)11-4-5-13(16)12(15)8-11/h4-5,8,10H,2-3,6-7,9H2,1H3,(H,17,19). The van der Waals surface area contributed by atoms with Crippen molar-refractivity contribution in [3.05, 3.63) is 33.3 Å². The van der Waals surface area contributed by atoms with E-state index in [2.05, 4.69) is 33.1 Å². The molecule has 0 spiro atoms. The number of likely N-dealkylation sites (tertiary alicyclic amines) is 1. The van der Waals surface area contributed by atoms with Crippen LogP contribution in [-0.2, 0) is 0 Å². The Morgan fingerprint density at radius 2 is 2.16 bits per heavy atom. The average Bonchev–Trinajstić information content (AvgIpc) is 2.92. The Labute approximate surface area is 127 Å². The summed E-state index contributed by atoms with van der Waals surface area (Å²) < 4.78 is 0.745. The molecule has 0 radical (unpaired) electrons. The van der Waals surface area contributed by atoms with Crippen LogP contribution in [0.15, 0.2) is 22.7 Å². The van der Waals surface area contributed by atoms with Gasteiger partial charge in [-0.3, -0.25) is 9.69 Å². The van der Waals surface area contributed by atoms with E-state index in [4.69, 9.17) is 11.6 Å². The SMILES string of the molecule is CC(CNC(=O)c1ccc(Cl)c(Br)c1)N1CCCC1. The molecule has 19 heavy (non-hydrogen) atoms. The van der Waals surface area contributed by atoms with Crippen LogP contribution in [0, 0.1) is 0 Å². The third kappa shape index (κ3) is 3.94. The van der Waals surface area contributed by atoms with E-state index in [9.17, 15) is 4.79 Å². The molecule has 104 valence electrons. The highest BCUT2D eigenvalue weighted by Gasteiger charge is 2.18. The van der Waals surface area contributed by atoms with E-state index < -0.39 is 0 Å². The Bertz CT molecular complexity index is 461. The lowest BCUT2D eigenvalue weighted by molar-refractivity contribution is 0.0940. The van der Waals surface area contributed by atoms with Crippen LogP contribution in [0.3, 0.4) is 0 Å². The molecule has 1 atom stereocenters. The lowest BCUT2D eigenvalue weighted by Crippen LogP contribution is -2.40. The number of hydrogen-bond donors (Lipinski definition) is 1. The summed E-state index contributed by atoms with van der Waals surface area (Å²) in [6.07, 6.45) is 2.53. The largest absolute Gasteiger partial charge is 0.350 e. The number of nitrogens with zero attached hydrogens (tertiary/aromatic N) is 1. The molecule has 1 aliphatic heterocycles. The maximum Gasteiger partial charge on any atom is 0.251 e. The van der Waals surface area contributed by atoms with Crippen LogP contribution in [0.2, 0.25) is 5.02 Å². The molecule has 1 fully saturated rings. The van der Waals surface area contributed by atoms with Gasteiger partial charge in [-0.1, -0.05) is 11.6 Å². The van der Waals surface area contributed by atoms with E-state index in [1.165, 1.54) is 12.8 Å². The summed E-state index contributed by atoms with van der Waals surface area (Å²) >= 11 is 9.24. The van der Waals surface area contributed by atoms with Crippen LogP contribution >= 0.6 is 27.5 Å². The minimum Gasteiger partial charge on any atom is -0.350 e. The Hall–Kier alpha value is -0.580. The zero-order valence-corrected chi connectivity index (χ0v) is 13.3. The van der Waals surface area contributed by atoms with Crippen LogP contribution in [0.5, 0.6) is 0 Å². The van der Waals surface area contributed by atoms with E-state index >= 15 is 0 Å². The van der Waals surface area contributed by atoms with Crippen molar-refractivity contribution in [3.8, 4) is 0 Å². The fourth-order valence-corrected chi connectivity index (χ4v) is 2.79. The van der Waals surface area contributed by atoms with E-state index in [1.54, 1.807) is 18.2 Å². The second-order valence-corrected chi connectivity index (χ2v) is 6.19. The first-order valence-corrected chi connectivity index (χ1v) is 7.72. The first kappa shape index (κ1) is 14.8. The fourth-order valence-electron chi connectivity index (χ4n) is 2.29.